The average Bonchev–Trinajstić information content (AvgIpc) is 3.21. The molecule has 5 saturated heterocycles. The summed E-state index contributed by atoms with van der Waals surface area (Å²) in [7, 11) is 4.10. The van der Waals surface area contributed by atoms with Crippen molar-refractivity contribution in [1.82, 2.24) is 44.9 Å². The molecule has 11 nitrogen and oxygen atoms in total. The average molecular weight is 834 g/mol. The predicted molar refractivity (Wildman–Crippen MR) is 260 cm³/mol. The summed E-state index contributed by atoms with van der Waals surface area (Å²) in [5, 5.41) is 6.53. The van der Waals surface area contributed by atoms with E-state index in [2.05, 4.69) is 148 Å². The molecular weight excluding hydrogens is 731 g/mol. The molecule has 5 aliphatic rings. The van der Waals surface area contributed by atoms with Crippen LogP contribution >= 0.6 is 0 Å². The summed E-state index contributed by atoms with van der Waals surface area (Å²) in [5.41, 5.74) is 11.2. The lowest BCUT2D eigenvalue weighted by Gasteiger charge is -2.39. The van der Waals surface area contributed by atoms with Crippen molar-refractivity contribution < 1.29 is 0 Å². The predicted octanol–water partition coefficient (Wildman–Crippen LogP) is 6.34. The molecule has 0 spiro atoms. The highest BCUT2D eigenvalue weighted by Gasteiger charge is 2.24. The lowest BCUT2D eigenvalue weighted by atomic mass is 9.98. The zero-order valence-electron chi connectivity index (χ0n) is 41.7. The Kier molecular flexibility index (Phi) is 28.6. The number of nitrogens with zero attached hydrogens (tertiary/aromatic N) is 7. The summed E-state index contributed by atoms with van der Waals surface area (Å²) in [6.45, 7) is 50.8. The highest BCUT2D eigenvalue weighted by molar-refractivity contribution is 4.92. The fraction of sp³-hybridized carbons (Fsp3) is 0.917. The Morgan fingerprint density at radius 1 is 0.542 bits per heavy atom. The van der Waals surface area contributed by atoms with Gasteiger partial charge in [-0.3, -0.25) is 4.90 Å². The topological polar surface area (TPSA) is 98.8 Å². The minimum atomic E-state index is 0.535. The third-order valence-electron chi connectivity index (χ3n) is 13.7. The van der Waals surface area contributed by atoms with Crippen molar-refractivity contribution in [2.75, 3.05) is 99.2 Å². The first kappa shape index (κ1) is 55.4. The normalized spacial score (nSPS) is 21.9. The first-order valence-electron chi connectivity index (χ1n) is 24.3. The number of rotatable bonds is 11. The molecule has 59 heavy (non-hydrogen) atoms. The Balaban J connectivity index is 0.000000371. The standard InChI is InChI=1S/C11H23N3.C10H21N3.2C9H20N2.C9H19N/c1-9(2)14-7-5-11(6-8-14)13(4)10(3)12;1-8(2)13-6-4-10(5-7-13)12-9(3)11;1-8(2)11-6-4-9(10-3)5-7-11;1-4-10-5-7-11(8-6-10)9(2)3;1-8(2)10-6-4-9(3)5-7-10/h9,11H,3,5-8,12H2,1-2,4H3;8,10,12H,3-7,11H2,1-2H3;8-10H,4-7H2,1-3H3;9H,4-8H2,1-3H3;8-9H,4-7H2,1-3H3. The SMILES string of the molecule is C=C(N)N(C)C1CCN(C(C)C)CC1.C=C(N)NC1CCN(C(C)C)CC1.CC1CCN(C(C)C)CC1.CCN1CCN(C(C)C)CC1.CNC1CCN(C(C)C)CC1. The van der Waals surface area contributed by atoms with Gasteiger partial charge in [-0.15, -0.1) is 0 Å². The first-order valence-corrected chi connectivity index (χ1v) is 24.3. The molecule has 5 aliphatic heterocycles. The van der Waals surface area contributed by atoms with Crippen molar-refractivity contribution in [3.8, 4) is 0 Å². The van der Waals surface area contributed by atoms with E-state index in [1.165, 1.54) is 136 Å². The van der Waals surface area contributed by atoms with Gasteiger partial charge in [0.05, 0.1) is 11.6 Å². The minimum absolute atomic E-state index is 0.535. The van der Waals surface area contributed by atoms with E-state index in [9.17, 15) is 0 Å². The first-order chi connectivity index (χ1) is 27.8. The molecule has 0 unspecified atom stereocenters. The van der Waals surface area contributed by atoms with Crippen LogP contribution in [-0.2, 0) is 0 Å². The zero-order chi connectivity index (χ0) is 44.7. The molecule has 0 aromatic carbocycles. The number of piperidine rings is 4. The Morgan fingerprint density at radius 2 is 0.864 bits per heavy atom. The summed E-state index contributed by atoms with van der Waals surface area (Å²) >= 11 is 0. The third-order valence-corrected chi connectivity index (χ3v) is 13.7. The van der Waals surface area contributed by atoms with Gasteiger partial charge in [0, 0.05) is 108 Å². The monoisotopic (exact) mass is 834 g/mol. The molecule has 0 atom stereocenters. The van der Waals surface area contributed by atoms with Gasteiger partial charge >= 0.3 is 0 Å². The Labute approximate surface area is 368 Å². The van der Waals surface area contributed by atoms with Gasteiger partial charge in [-0.1, -0.05) is 27.0 Å². The van der Waals surface area contributed by atoms with Gasteiger partial charge in [0.25, 0.3) is 0 Å². The van der Waals surface area contributed by atoms with Crippen molar-refractivity contribution in [2.24, 2.45) is 17.4 Å². The van der Waals surface area contributed by atoms with Gasteiger partial charge in [0.15, 0.2) is 0 Å². The van der Waals surface area contributed by atoms with E-state index in [0.717, 1.165) is 30.1 Å². The minimum Gasteiger partial charge on any atom is -0.386 e. The third kappa shape index (κ3) is 23.4. The molecule has 350 valence electrons. The van der Waals surface area contributed by atoms with Crippen molar-refractivity contribution in [2.45, 2.75) is 183 Å². The number of nitrogens with one attached hydrogen (secondary N) is 2. The van der Waals surface area contributed by atoms with E-state index in [0.29, 0.717) is 35.8 Å². The molecule has 0 aromatic rings. The van der Waals surface area contributed by atoms with Gasteiger partial charge in [-0.2, -0.15) is 0 Å². The molecular formula is C48H103N11. The number of piperazine rings is 1. The van der Waals surface area contributed by atoms with Crippen LogP contribution in [0.25, 0.3) is 0 Å². The van der Waals surface area contributed by atoms with Gasteiger partial charge in [0.2, 0.25) is 0 Å². The van der Waals surface area contributed by atoms with E-state index in [4.69, 9.17) is 11.5 Å². The quantitative estimate of drug-likeness (QED) is 0.188. The molecule has 0 saturated carbocycles. The van der Waals surface area contributed by atoms with Crippen LogP contribution < -0.4 is 22.1 Å². The number of nitrogens with two attached hydrogens (primary N) is 2. The van der Waals surface area contributed by atoms with Crippen molar-refractivity contribution in [3.05, 3.63) is 24.8 Å². The van der Waals surface area contributed by atoms with Crippen LogP contribution in [0, 0.1) is 5.92 Å². The van der Waals surface area contributed by atoms with Gasteiger partial charge < -0.3 is 51.5 Å². The highest BCUT2D eigenvalue weighted by atomic mass is 15.3. The van der Waals surface area contributed by atoms with Crippen LogP contribution in [0.1, 0.15) is 134 Å². The summed E-state index contributed by atoms with van der Waals surface area (Å²) in [5.74, 6) is 2.26. The summed E-state index contributed by atoms with van der Waals surface area (Å²) < 4.78 is 0. The van der Waals surface area contributed by atoms with E-state index < -0.39 is 0 Å². The number of hydrogen-bond acceptors (Lipinski definition) is 11. The second-order valence-corrected chi connectivity index (χ2v) is 19.6. The second-order valence-electron chi connectivity index (χ2n) is 19.6. The molecule has 6 N–H and O–H groups in total. The summed E-state index contributed by atoms with van der Waals surface area (Å²) in [4.78, 5) is 17.3. The fourth-order valence-electron chi connectivity index (χ4n) is 8.69. The second kappa shape index (κ2) is 30.4. The molecule has 0 aliphatic carbocycles. The Hall–Kier alpha value is -1.60. The molecule has 0 radical (unpaired) electrons. The number of hydrogen-bond donors (Lipinski definition) is 4. The largest absolute Gasteiger partial charge is 0.386 e. The fourth-order valence-corrected chi connectivity index (χ4v) is 8.69. The van der Waals surface area contributed by atoms with Crippen LogP contribution in [0.15, 0.2) is 24.8 Å². The van der Waals surface area contributed by atoms with E-state index in [1.807, 2.05) is 7.05 Å². The maximum Gasteiger partial charge on any atom is 0.0912 e. The number of likely N-dealkylation sites (tertiary alicyclic amines) is 4. The van der Waals surface area contributed by atoms with Crippen LogP contribution in [0.3, 0.4) is 0 Å². The molecule has 0 aromatic heterocycles. The molecule has 5 rings (SSSR count). The van der Waals surface area contributed by atoms with Crippen molar-refractivity contribution in [3.63, 3.8) is 0 Å². The zero-order valence-corrected chi connectivity index (χ0v) is 41.7. The smallest absolute Gasteiger partial charge is 0.0912 e. The van der Waals surface area contributed by atoms with Gasteiger partial charge in [0.1, 0.15) is 0 Å². The van der Waals surface area contributed by atoms with Crippen LogP contribution in [0.5, 0.6) is 0 Å². The lowest BCUT2D eigenvalue weighted by Crippen LogP contribution is -2.48. The molecule has 5 heterocycles. The number of likely N-dealkylation sites (N-methyl/N-ethyl adjacent to an activating group) is 1. The lowest BCUT2D eigenvalue weighted by molar-refractivity contribution is 0.112. The molecule has 5 fully saturated rings. The summed E-state index contributed by atoms with van der Waals surface area (Å²) in [6.07, 6.45) is 10.2. The summed E-state index contributed by atoms with van der Waals surface area (Å²) in [6, 6.07) is 5.44. The molecule has 0 bridgehead atoms. The van der Waals surface area contributed by atoms with Gasteiger partial charge in [-0.25, -0.2) is 0 Å². The van der Waals surface area contributed by atoms with Crippen LogP contribution in [0.2, 0.25) is 0 Å². The van der Waals surface area contributed by atoms with E-state index >= 15 is 0 Å². The maximum atomic E-state index is 5.68. The van der Waals surface area contributed by atoms with Crippen LogP contribution in [0.4, 0.5) is 0 Å². The van der Waals surface area contributed by atoms with E-state index in [1.54, 1.807) is 0 Å². The molecule has 11 heteroatoms. The van der Waals surface area contributed by atoms with Crippen molar-refractivity contribution in [1.29, 1.82) is 0 Å². The highest BCUT2D eigenvalue weighted by Crippen LogP contribution is 2.19. The Bertz CT molecular complexity index is 1010. The van der Waals surface area contributed by atoms with Gasteiger partial charge in [-0.05, 0) is 166 Å². The Morgan fingerprint density at radius 3 is 1.17 bits per heavy atom. The van der Waals surface area contributed by atoms with Crippen molar-refractivity contribution >= 4 is 0 Å². The van der Waals surface area contributed by atoms with Crippen LogP contribution in [-0.4, -0.2) is 182 Å². The maximum absolute atomic E-state index is 5.68. The van der Waals surface area contributed by atoms with E-state index in [-0.39, 0.29) is 0 Å². The molecule has 0 amide bonds.